The second-order valence-electron chi connectivity index (χ2n) is 9.22. The Morgan fingerprint density at radius 3 is 2.32 bits per heavy atom. The van der Waals surface area contributed by atoms with E-state index in [0.29, 0.717) is 12.2 Å². The van der Waals surface area contributed by atoms with Crippen LogP contribution in [0, 0.1) is 5.92 Å². The maximum Gasteiger partial charge on any atom is 0.410 e. The molecule has 4 rings (SSSR count). The van der Waals surface area contributed by atoms with Gasteiger partial charge in [-0.05, 0) is 62.8 Å². The predicted molar refractivity (Wildman–Crippen MR) is 110 cm³/mol. The molecule has 4 nitrogen and oxygen atoms in total. The Balaban J connectivity index is 1.46. The van der Waals surface area contributed by atoms with Crippen molar-refractivity contribution in [1.29, 1.82) is 0 Å². The minimum atomic E-state index is -0.489. The average molecular weight is 380 g/mol. The molecule has 2 bridgehead atoms. The molecule has 0 aromatic heterocycles. The number of ether oxygens (including phenoxy) is 1. The van der Waals surface area contributed by atoms with E-state index in [1.807, 2.05) is 43.9 Å². The van der Waals surface area contributed by atoms with Crippen LogP contribution in [0.3, 0.4) is 0 Å². The van der Waals surface area contributed by atoms with Gasteiger partial charge in [0.15, 0.2) is 0 Å². The molecule has 2 aliphatic rings. The van der Waals surface area contributed by atoms with Gasteiger partial charge in [0, 0.05) is 24.4 Å². The molecule has 0 saturated carbocycles. The van der Waals surface area contributed by atoms with Crippen molar-refractivity contribution in [1.82, 2.24) is 4.90 Å². The number of amides is 1. The van der Waals surface area contributed by atoms with Gasteiger partial charge in [-0.3, -0.25) is 4.79 Å². The molecule has 4 heteroatoms. The lowest BCUT2D eigenvalue weighted by Gasteiger charge is -2.39. The van der Waals surface area contributed by atoms with E-state index in [1.165, 1.54) is 5.39 Å². The molecule has 2 heterocycles. The van der Waals surface area contributed by atoms with E-state index in [9.17, 15) is 9.59 Å². The smallest absolute Gasteiger partial charge is 0.410 e. The minimum absolute atomic E-state index is 0.0372. The maximum absolute atomic E-state index is 13.1. The first kappa shape index (κ1) is 19.0. The molecule has 0 N–H and O–H groups in total. The number of piperidine rings is 1. The normalized spacial score (nSPS) is 24.4. The molecule has 2 unspecified atom stereocenters. The average Bonchev–Trinajstić information content (AvgIpc) is 2.91. The molecular formula is C24H29NO3. The summed E-state index contributed by atoms with van der Waals surface area (Å²) in [5, 5.41) is 2.33. The molecular weight excluding hydrogens is 350 g/mol. The van der Waals surface area contributed by atoms with Gasteiger partial charge in [-0.25, -0.2) is 4.79 Å². The lowest BCUT2D eigenvalue weighted by atomic mass is 9.84. The van der Waals surface area contributed by atoms with Gasteiger partial charge in [-0.1, -0.05) is 42.5 Å². The fourth-order valence-corrected chi connectivity index (χ4v) is 4.83. The van der Waals surface area contributed by atoms with Gasteiger partial charge in [0.1, 0.15) is 11.4 Å². The van der Waals surface area contributed by atoms with Crippen LogP contribution in [0.2, 0.25) is 0 Å². The van der Waals surface area contributed by atoms with E-state index < -0.39 is 5.60 Å². The molecule has 0 radical (unpaired) electrons. The fraction of sp³-hybridized carbons (Fsp3) is 0.500. The third-order valence-electron chi connectivity index (χ3n) is 6.04. The van der Waals surface area contributed by atoms with Crippen molar-refractivity contribution >= 4 is 22.6 Å². The highest BCUT2D eigenvalue weighted by Crippen LogP contribution is 2.40. The minimum Gasteiger partial charge on any atom is -0.444 e. The summed E-state index contributed by atoms with van der Waals surface area (Å²) in [7, 11) is 0. The summed E-state index contributed by atoms with van der Waals surface area (Å²) in [6.07, 6.45) is 3.72. The zero-order chi connectivity index (χ0) is 19.9. The van der Waals surface area contributed by atoms with Crippen LogP contribution >= 0.6 is 0 Å². The number of fused-ring (bicyclic) bond motifs is 3. The van der Waals surface area contributed by atoms with Gasteiger partial charge in [-0.15, -0.1) is 0 Å². The van der Waals surface area contributed by atoms with Crippen molar-refractivity contribution in [3.05, 3.63) is 48.0 Å². The monoisotopic (exact) mass is 379 g/mol. The van der Waals surface area contributed by atoms with Crippen molar-refractivity contribution in [2.24, 2.45) is 5.92 Å². The Kier molecular flexibility index (Phi) is 4.90. The molecule has 2 aliphatic heterocycles. The zero-order valence-corrected chi connectivity index (χ0v) is 17.0. The van der Waals surface area contributed by atoms with Crippen molar-refractivity contribution in [3.8, 4) is 0 Å². The van der Waals surface area contributed by atoms with E-state index in [1.54, 1.807) is 0 Å². The molecule has 0 aliphatic carbocycles. The first-order valence-electron chi connectivity index (χ1n) is 10.3. The molecule has 28 heavy (non-hydrogen) atoms. The topological polar surface area (TPSA) is 46.6 Å². The molecule has 2 atom stereocenters. The summed E-state index contributed by atoms with van der Waals surface area (Å²) in [5.74, 6) is 0.340. The first-order chi connectivity index (χ1) is 13.3. The standard InChI is InChI=1S/C24H29NO3/c1-24(2,3)28-23(27)25-19-11-12-20(25)14-18(13-19)22(26)15-17-9-6-8-16-7-4-5-10-21(16)17/h4-10,18-20H,11-15H2,1-3H3. The third kappa shape index (κ3) is 3.78. The summed E-state index contributed by atoms with van der Waals surface area (Å²) in [6, 6.07) is 14.7. The number of rotatable bonds is 3. The van der Waals surface area contributed by atoms with Crippen LogP contribution in [0.15, 0.2) is 42.5 Å². The Hall–Kier alpha value is -2.36. The summed E-state index contributed by atoms with van der Waals surface area (Å²) < 4.78 is 5.60. The Morgan fingerprint density at radius 1 is 1.00 bits per heavy atom. The van der Waals surface area contributed by atoms with Gasteiger partial charge in [0.25, 0.3) is 0 Å². The van der Waals surface area contributed by atoms with Crippen LogP contribution in [0.5, 0.6) is 0 Å². The number of ketones is 1. The highest BCUT2D eigenvalue weighted by molar-refractivity contribution is 5.91. The van der Waals surface area contributed by atoms with Crippen molar-refractivity contribution in [2.45, 2.75) is 70.6 Å². The summed E-state index contributed by atoms with van der Waals surface area (Å²) in [6.45, 7) is 5.69. The lowest BCUT2D eigenvalue weighted by molar-refractivity contribution is -0.124. The Bertz CT molecular complexity index is 879. The van der Waals surface area contributed by atoms with Crippen molar-refractivity contribution in [3.63, 3.8) is 0 Å². The number of carbonyl (C=O) groups is 2. The molecule has 2 aromatic rings. The number of carbonyl (C=O) groups excluding carboxylic acids is 2. The second-order valence-corrected chi connectivity index (χ2v) is 9.22. The quantitative estimate of drug-likeness (QED) is 0.743. The van der Waals surface area contributed by atoms with Crippen LogP contribution in [0.1, 0.15) is 52.0 Å². The summed E-state index contributed by atoms with van der Waals surface area (Å²) >= 11 is 0. The van der Waals surface area contributed by atoms with Crippen molar-refractivity contribution in [2.75, 3.05) is 0 Å². The molecule has 2 fully saturated rings. The first-order valence-corrected chi connectivity index (χ1v) is 10.3. The SMILES string of the molecule is CC(C)(C)OC(=O)N1C2CCC1CC(C(=O)Cc1cccc3ccccc13)C2. The van der Waals surface area contributed by atoms with Crippen LogP contribution in [-0.2, 0) is 16.0 Å². The van der Waals surface area contributed by atoms with Gasteiger partial charge in [0.05, 0.1) is 0 Å². The third-order valence-corrected chi connectivity index (χ3v) is 6.04. The van der Waals surface area contributed by atoms with Gasteiger partial charge < -0.3 is 9.64 Å². The molecule has 2 aromatic carbocycles. The van der Waals surface area contributed by atoms with Crippen LogP contribution in [0.25, 0.3) is 10.8 Å². The molecule has 1 amide bonds. The number of hydrogen-bond donors (Lipinski definition) is 0. The van der Waals surface area contributed by atoms with Crippen molar-refractivity contribution < 1.29 is 14.3 Å². The highest BCUT2D eigenvalue weighted by Gasteiger charge is 2.46. The van der Waals surface area contributed by atoms with Gasteiger partial charge >= 0.3 is 6.09 Å². The van der Waals surface area contributed by atoms with Crippen LogP contribution in [-0.4, -0.2) is 34.5 Å². The Morgan fingerprint density at radius 2 is 1.64 bits per heavy atom. The van der Waals surface area contributed by atoms with Gasteiger partial charge in [-0.2, -0.15) is 0 Å². The lowest BCUT2D eigenvalue weighted by Crippen LogP contribution is -2.49. The number of hydrogen-bond acceptors (Lipinski definition) is 3. The Labute approximate surface area is 166 Å². The molecule has 2 saturated heterocycles. The van der Waals surface area contributed by atoms with E-state index in [4.69, 9.17) is 4.74 Å². The molecule has 148 valence electrons. The van der Waals surface area contributed by atoms with E-state index >= 15 is 0 Å². The second kappa shape index (κ2) is 7.23. The summed E-state index contributed by atoms with van der Waals surface area (Å²) in [5.41, 5.74) is 0.613. The van der Waals surface area contributed by atoms with Crippen LogP contribution < -0.4 is 0 Å². The maximum atomic E-state index is 13.1. The van der Waals surface area contributed by atoms with E-state index in [-0.39, 0.29) is 24.1 Å². The number of Topliss-reactive ketones (excluding diaryl/α,β-unsaturated/α-hetero) is 1. The predicted octanol–water partition coefficient (Wildman–Crippen LogP) is 5.13. The fourth-order valence-electron chi connectivity index (χ4n) is 4.83. The largest absolute Gasteiger partial charge is 0.444 e. The summed E-state index contributed by atoms with van der Waals surface area (Å²) in [4.78, 5) is 27.6. The van der Waals surface area contributed by atoms with Gasteiger partial charge in [0.2, 0.25) is 0 Å². The van der Waals surface area contributed by atoms with E-state index in [2.05, 4.69) is 24.3 Å². The number of benzene rings is 2. The highest BCUT2D eigenvalue weighted by atomic mass is 16.6. The zero-order valence-electron chi connectivity index (χ0n) is 17.0. The number of nitrogens with zero attached hydrogens (tertiary/aromatic N) is 1. The van der Waals surface area contributed by atoms with E-state index in [0.717, 1.165) is 36.6 Å². The van der Waals surface area contributed by atoms with Crippen LogP contribution in [0.4, 0.5) is 4.79 Å². The molecule has 0 spiro atoms.